The van der Waals surface area contributed by atoms with Gasteiger partial charge in [-0.3, -0.25) is 9.78 Å². The standard InChI is InChI=1S/C24H32N4O2/c1-26-11-13-27(14-12-26)16-19-15-24(30-17-19)8-4-10-28(18-24)23(29)21-7-2-5-20-6-3-9-25-22(20)21/h2-3,5-7,9,19H,4,8,10-18H2,1H3/t19-,24-/m1/s1. The molecule has 3 aliphatic heterocycles. The fraction of sp³-hybridized carbons (Fsp3) is 0.583. The van der Waals surface area contributed by atoms with Crippen LogP contribution in [0.1, 0.15) is 29.6 Å². The molecule has 4 heterocycles. The van der Waals surface area contributed by atoms with Crippen LogP contribution in [0.2, 0.25) is 0 Å². The van der Waals surface area contributed by atoms with Crippen LogP contribution in [0.5, 0.6) is 0 Å². The Morgan fingerprint density at radius 1 is 1.17 bits per heavy atom. The average Bonchev–Trinajstić information content (AvgIpc) is 3.15. The quantitative estimate of drug-likeness (QED) is 0.781. The van der Waals surface area contributed by atoms with E-state index in [1.165, 1.54) is 0 Å². The van der Waals surface area contributed by atoms with Crippen molar-refractivity contribution in [3.63, 3.8) is 0 Å². The number of amides is 1. The van der Waals surface area contributed by atoms with E-state index in [4.69, 9.17) is 4.74 Å². The van der Waals surface area contributed by atoms with Gasteiger partial charge in [-0.25, -0.2) is 0 Å². The minimum absolute atomic E-state index is 0.0875. The highest BCUT2D eigenvalue weighted by molar-refractivity contribution is 6.05. The van der Waals surface area contributed by atoms with E-state index >= 15 is 0 Å². The monoisotopic (exact) mass is 408 g/mol. The third kappa shape index (κ3) is 3.96. The van der Waals surface area contributed by atoms with Gasteiger partial charge in [-0.15, -0.1) is 0 Å². The molecule has 1 aromatic carbocycles. The molecular formula is C24H32N4O2. The molecule has 0 radical (unpaired) electrons. The van der Waals surface area contributed by atoms with Crippen LogP contribution in [0.3, 0.4) is 0 Å². The van der Waals surface area contributed by atoms with E-state index in [1.54, 1.807) is 6.20 Å². The lowest BCUT2D eigenvalue weighted by Gasteiger charge is -2.40. The number of nitrogens with zero attached hydrogens (tertiary/aromatic N) is 4. The lowest BCUT2D eigenvalue weighted by atomic mass is 9.86. The van der Waals surface area contributed by atoms with Crippen molar-refractivity contribution in [2.24, 2.45) is 5.92 Å². The van der Waals surface area contributed by atoms with E-state index in [0.29, 0.717) is 18.0 Å². The summed E-state index contributed by atoms with van der Waals surface area (Å²) in [4.78, 5) is 24.9. The predicted molar refractivity (Wildman–Crippen MR) is 118 cm³/mol. The number of carbonyl (C=O) groups is 1. The van der Waals surface area contributed by atoms with Crippen LogP contribution in [-0.2, 0) is 4.74 Å². The van der Waals surface area contributed by atoms with Crippen molar-refractivity contribution in [3.05, 3.63) is 42.1 Å². The van der Waals surface area contributed by atoms with Gasteiger partial charge in [0.25, 0.3) is 5.91 Å². The highest BCUT2D eigenvalue weighted by Crippen LogP contribution is 2.38. The summed E-state index contributed by atoms with van der Waals surface area (Å²) in [6, 6.07) is 9.80. The van der Waals surface area contributed by atoms with Crippen molar-refractivity contribution in [3.8, 4) is 0 Å². The summed E-state index contributed by atoms with van der Waals surface area (Å²) in [6.07, 6.45) is 4.89. The fourth-order valence-electron chi connectivity index (χ4n) is 5.45. The van der Waals surface area contributed by atoms with Gasteiger partial charge >= 0.3 is 0 Å². The van der Waals surface area contributed by atoms with Gasteiger partial charge in [0, 0.05) is 57.4 Å². The number of hydrogen-bond donors (Lipinski definition) is 0. The molecule has 6 heteroatoms. The number of ether oxygens (including phenoxy) is 1. The summed E-state index contributed by atoms with van der Waals surface area (Å²) in [5, 5.41) is 1.01. The van der Waals surface area contributed by atoms with Gasteiger partial charge in [-0.1, -0.05) is 18.2 Å². The Labute approximate surface area is 178 Å². The first-order valence-electron chi connectivity index (χ1n) is 11.3. The summed E-state index contributed by atoms with van der Waals surface area (Å²) in [5.74, 6) is 0.659. The van der Waals surface area contributed by atoms with Gasteiger partial charge in [-0.05, 0) is 44.4 Å². The average molecular weight is 409 g/mol. The first-order valence-corrected chi connectivity index (χ1v) is 11.3. The molecule has 3 fully saturated rings. The summed E-state index contributed by atoms with van der Waals surface area (Å²) >= 11 is 0. The predicted octanol–water partition coefficient (Wildman–Crippen LogP) is 2.49. The van der Waals surface area contributed by atoms with E-state index in [0.717, 1.165) is 76.0 Å². The molecule has 30 heavy (non-hydrogen) atoms. The van der Waals surface area contributed by atoms with Crippen molar-refractivity contribution >= 4 is 16.8 Å². The summed E-state index contributed by atoms with van der Waals surface area (Å²) < 4.78 is 6.41. The first kappa shape index (κ1) is 19.9. The molecule has 3 aliphatic rings. The number of benzene rings is 1. The number of para-hydroxylation sites is 1. The van der Waals surface area contributed by atoms with Crippen LogP contribution < -0.4 is 0 Å². The number of likely N-dealkylation sites (tertiary alicyclic amines) is 1. The van der Waals surface area contributed by atoms with E-state index in [9.17, 15) is 4.79 Å². The number of aromatic nitrogens is 1. The third-order valence-electron chi connectivity index (χ3n) is 7.09. The second kappa shape index (κ2) is 8.25. The van der Waals surface area contributed by atoms with E-state index in [2.05, 4.69) is 21.8 Å². The lowest BCUT2D eigenvalue weighted by molar-refractivity contribution is -0.0450. The molecular weight excluding hydrogens is 376 g/mol. The number of hydrogen-bond acceptors (Lipinski definition) is 5. The van der Waals surface area contributed by atoms with Crippen molar-refractivity contribution in [1.29, 1.82) is 0 Å². The third-order valence-corrected chi connectivity index (χ3v) is 7.09. The minimum atomic E-state index is -0.164. The van der Waals surface area contributed by atoms with Gasteiger partial charge in [0.15, 0.2) is 0 Å². The number of piperazine rings is 1. The molecule has 0 aliphatic carbocycles. The zero-order valence-electron chi connectivity index (χ0n) is 17.9. The van der Waals surface area contributed by atoms with Gasteiger partial charge in [0.05, 0.1) is 23.3 Å². The second-order valence-electron chi connectivity index (χ2n) is 9.38. The van der Waals surface area contributed by atoms with Crippen LogP contribution in [-0.4, -0.2) is 90.7 Å². The topological polar surface area (TPSA) is 48.9 Å². The highest BCUT2D eigenvalue weighted by atomic mass is 16.5. The number of fused-ring (bicyclic) bond motifs is 1. The maximum absolute atomic E-state index is 13.4. The van der Waals surface area contributed by atoms with E-state index in [1.807, 2.05) is 35.2 Å². The smallest absolute Gasteiger partial charge is 0.256 e. The molecule has 6 nitrogen and oxygen atoms in total. The van der Waals surface area contributed by atoms with Crippen molar-refractivity contribution in [2.75, 3.05) is 59.5 Å². The van der Waals surface area contributed by atoms with Gasteiger partial charge < -0.3 is 19.4 Å². The van der Waals surface area contributed by atoms with Gasteiger partial charge in [-0.2, -0.15) is 0 Å². The Bertz CT molecular complexity index is 906. The molecule has 0 N–H and O–H groups in total. The van der Waals surface area contributed by atoms with Crippen molar-refractivity contribution in [2.45, 2.75) is 24.9 Å². The molecule has 2 aromatic rings. The molecule has 1 spiro atoms. The SMILES string of the molecule is CN1CCN(C[C@@H]2CO[C@]3(CCCN(C(=O)c4cccc5cccnc45)C3)C2)CC1. The Kier molecular flexibility index (Phi) is 5.48. The highest BCUT2D eigenvalue weighted by Gasteiger charge is 2.45. The van der Waals surface area contributed by atoms with Gasteiger partial charge in [0.2, 0.25) is 0 Å². The Morgan fingerprint density at radius 2 is 2.00 bits per heavy atom. The molecule has 0 bridgehead atoms. The van der Waals surface area contributed by atoms with Crippen LogP contribution in [0.25, 0.3) is 10.9 Å². The number of likely N-dealkylation sites (N-methyl/N-ethyl adjacent to an activating group) is 1. The molecule has 3 saturated heterocycles. The minimum Gasteiger partial charge on any atom is -0.373 e. The summed E-state index contributed by atoms with van der Waals surface area (Å²) in [6.45, 7) is 8.06. The molecule has 160 valence electrons. The zero-order chi connectivity index (χ0) is 20.6. The zero-order valence-corrected chi connectivity index (χ0v) is 17.9. The van der Waals surface area contributed by atoms with Crippen LogP contribution in [0.15, 0.2) is 36.5 Å². The largest absolute Gasteiger partial charge is 0.373 e. The molecule has 5 rings (SSSR count). The van der Waals surface area contributed by atoms with E-state index in [-0.39, 0.29) is 11.5 Å². The molecule has 1 amide bonds. The fourth-order valence-corrected chi connectivity index (χ4v) is 5.45. The Morgan fingerprint density at radius 3 is 2.87 bits per heavy atom. The van der Waals surface area contributed by atoms with Crippen LogP contribution in [0.4, 0.5) is 0 Å². The van der Waals surface area contributed by atoms with Crippen molar-refractivity contribution < 1.29 is 9.53 Å². The Balaban J connectivity index is 1.26. The number of pyridine rings is 1. The second-order valence-corrected chi connectivity index (χ2v) is 9.38. The molecule has 0 saturated carbocycles. The van der Waals surface area contributed by atoms with Crippen LogP contribution >= 0.6 is 0 Å². The Hall–Kier alpha value is -2.02. The number of rotatable bonds is 3. The number of carbonyl (C=O) groups excluding carboxylic acids is 1. The summed E-state index contributed by atoms with van der Waals surface area (Å²) in [7, 11) is 2.20. The number of piperidine rings is 1. The molecule has 2 atom stereocenters. The maximum Gasteiger partial charge on any atom is 0.256 e. The molecule has 0 unspecified atom stereocenters. The van der Waals surface area contributed by atoms with Gasteiger partial charge in [0.1, 0.15) is 0 Å². The van der Waals surface area contributed by atoms with Crippen LogP contribution in [0, 0.1) is 5.92 Å². The summed E-state index contributed by atoms with van der Waals surface area (Å²) in [5.41, 5.74) is 1.34. The molecule has 1 aromatic heterocycles. The van der Waals surface area contributed by atoms with Crippen molar-refractivity contribution in [1.82, 2.24) is 19.7 Å². The van der Waals surface area contributed by atoms with E-state index < -0.39 is 0 Å². The normalized spacial score (nSPS) is 28.4. The lowest BCUT2D eigenvalue weighted by Crippen LogP contribution is -2.50. The first-order chi connectivity index (χ1) is 14.6. The maximum atomic E-state index is 13.4.